The maximum atomic E-state index is 12.2. The number of hydrogen-bond donors (Lipinski definition) is 1. The molecule has 0 aliphatic carbocycles. The minimum Gasteiger partial charge on any atom is -0.507 e. The highest BCUT2D eigenvalue weighted by Crippen LogP contribution is 2.27. The Kier molecular flexibility index (Phi) is 5.73. The molecule has 0 saturated carbocycles. The predicted molar refractivity (Wildman–Crippen MR) is 70.1 cm³/mol. The molecule has 0 aliphatic rings. The summed E-state index contributed by atoms with van der Waals surface area (Å²) in [6, 6.07) is 4.17. The fraction of sp³-hybridized carbons (Fsp3) is 0.214. The van der Waals surface area contributed by atoms with Gasteiger partial charge in [-0.05, 0) is 25.1 Å². The molecule has 0 aliphatic heterocycles. The number of benzene rings is 1. The Morgan fingerprint density at radius 3 is 2.52 bits per heavy atom. The Bertz CT molecular complexity index is 689. The third kappa shape index (κ3) is 5.70. The molecule has 1 N–H and O–H groups in total. The van der Waals surface area contributed by atoms with E-state index in [4.69, 9.17) is 5.26 Å². The fourth-order valence-corrected chi connectivity index (χ4v) is 1.47. The van der Waals surface area contributed by atoms with Crippen LogP contribution in [0.5, 0.6) is 5.75 Å². The molecule has 0 amide bonds. The van der Waals surface area contributed by atoms with E-state index in [0.29, 0.717) is 6.08 Å². The highest BCUT2D eigenvalue weighted by atomic mass is 19.4. The molecule has 0 atom stereocenters. The van der Waals surface area contributed by atoms with Gasteiger partial charge in [-0.2, -0.15) is 5.26 Å². The maximum Gasteiger partial charge on any atom is 0.573 e. The summed E-state index contributed by atoms with van der Waals surface area (Å²) in [6.45, 7) is 1.40. The first kappa shape index (κ1) is 18.0. The van der Waals surface area contributed by atoms with Crippen LogP contribution in [0.25, 0.3) is 5.76 Å². The second-order valence-corrected chi connectivity index (χ2v) is 4.02. The molecule has 0 radical (unpaired) electrons. The quantitative estimate of drug-likeness (QED) is 0.386. The number of halogens is 3. The first-order valence-electron chi connectivity index (χ1n) is 6.09. The van der Waals surface area contributed by atoms with Crippen molar-refractivity contribution < 1.29 is 37.3 Å². The van der Waals surface area contributed by atoms with Gasteiger partial charge in [-0.3, -0.25) is 4.79 Å². The Morgan fingerprint density at radius 2 is 2.00 bits per heavy atom. The Hall–Kier alpha value is -3.02. The number of nitrogens with zero attached hydrogens (tertiary/aromatic N) is 1. The highest BCUT2D eigenvalue weighted by molar-refractivity contribution is 6.39. The molecule has 1 aromatic rings. The zero-order valence-electron chi connectivity index (χ0n) is 11.7. The molecule has 122 valence electrons. The van der Waals surface area contributed by atoms with Crippen molar-refractivity contribution in [3.05, 3.63) is 35.4 Å². The van der Waals surface area contributed by atoms with Crippen LogP contribution in [0.4, 0.5) is 13.2 Å². The zero-order chi connectivity index (χ0) is 17.6. The van der Waals surface area contributed by atoms with Crippen molar-refractivity contribution in [2.75, 3.05) is 6.61 Å². The molecule has 0 heterocycles. The minimum absolute atomic E-state index is 0.0628. The molecule has 0 aromatic heterocycles. The lowest BCUT2D eigenvalue weighted by Crippen LogP contribution is -2.17. The maximum absolute atomic E-state index is 12.2. The van der Waals surface area contributed by atoms with Crippen molar-refractivity contribution in [3.8, 4) is 11.8 Å². The van der Waals surface area contributed by atoms with Crippen molar-refractivity contribution in [1.29, 1.82) is 5.26 Å². The number of rotatable bonds is 5. The van der Waals surface area contributed by atoms with Gasteiger partial charge < -0.3 is 14.6 Å². The molecule has 0 unspecified atom stereocenters. The van der Waals surface area contributed by atoms with E-state index in [2.05, 4.69) is 9.47 Å². The van der Waals surface area contributed by atoms with Crippen LogP contribution in [0.15, 0.2) is 24.3 Å². The van der Waals surface area contributed by atoms with Crippen LogP contribution in [0.3, 0.4) is 0 Å². The number of hydrogen-bond acceptors (Lipinski definition) is 6. The number of aliphatic hydroxyl groups is 1. The summed E-state index contributed by atoms with van der Waals surface area (Å²) in [5.41, 5.74) is -0.550. The number of ketones is 1. The van der Waals surface area contributed by atoms with Crippen LogP contribution in [0.2, 0.25) is 0 Å². The highest BCUT2D eigenvalue weighted by Gasteiger charge is 2.31. The van der Waals surface area contributed by atoms with Crippen molar-refractivity contribution >= 4 is 17.5 Å². The third-order valence-electron chi connectivity index (χ3n) is 2.31. The SMILES string of the molecule is CCOC(=O)C(=O)/C=C(\O)c1cc(C#N)cc(OC(F)(F)F)c1. The number of alkyl halides is 3. The molecule has 6 nitrogen and oxygen atoms in total. The van der Waals surface area contributed by atoms with Crippen LogP contribution in [0, 0.1) is 11.3 Å². The molecular formula is C14H10F3NO5. The molecule has 0 bridgehead atoms. The normalized spacial score (nSPS) is 11.5. The summed E-state index contributed by atoms with van der Waals surface area (Å²) in [6.07, 6.45) is -4.52. The van der Waals surface area contributed by atoms with Gasteiger partial charge in [-0.15, -0.1) is 13.2 Å². The number of carbonyl (C=O) groups excluding carboxylic acids is 2. The van der Waals surface area contributed by atoms with Gasteiger partial charge in [0.2, 0.25) is 0 Å². The van der Waals surface area contributed by atoms with Gasteiger partial charge in [0.05, 0.1) is 18.2 Å². The zero-order valence-corrected chi connectivity index (χ0v) is 11.7. The fourth-order valence-electron chi connectivity index (χ4n) is 1.47. The number of aliphatic hydroxyl groups excluding tert-OH is 1. The Labute approximate surface area is 128 Å². The standard InChI is InChI=1S/C14H10F3NO5/c1-2-22-13(21)12(20)6-11(19)9-3-8(7-18)4-10(5-9)23-14(15,16)17/h3-6,19H,2H2,1H3/b11-6-. The van der Waals surface area contributed by atoms with E-state index >= 15 is 0 Å². The van der Waals surface area contributed by atoms with Gasteiger partial charge in [0.15, 0.2) is 0 Å². The average molecular weight is 329 g/mol. The number of esters is 1. The summed E-state index contributed by atoms with van der Waals surface area (Å²) in [7, 11) is 0. The van der Waals surface area contributed by atoms with E-state index in [0.717, 1.165) is 18.2 Å². The van der Waals surface area contributed by atoms with Crippen LogP contribution < -0.4 is 4.74 Å². The summed E-state index contributed by atoms with van der Waals surface area (Å²) in [4.78, 5) is 22.5. The van der Waals surface area contributed by atoms with Gasteiger partial charge >= 0.3 is 12.3 Å². The van der Waals surface area contributed by atoms with Crippen molar-refractivity contribution in [1.82, 2.24) is 0 Å². The molecule has 23 heavy (non-hydrogen) atoms. The largest absolute Gasteiger partial charge is 0.573 e. The van der Waals surface area contributed by atoms with Gasteiger partial charge in [0.1, 0.15) is 11.5 Å². The number of nitriles is 1. The van der Waals surface area contributed by atoms with Crippen molar-refractivity contribution in [3.63, 3.8) is 0 Å². The molecule has 1 rings (SSSR count). The second-order valence-electron chi connectivity index (χ2n) is 4.02. The molecule has 0 saturated heterocycles. The predicted octanol–water partition coefficient (Wildman–Crippen LogP) is 2.49. The summed E-state index contributed by atoms with van der Waals surface area (Å²) >= 11 is 0. The first-order valence-corrected chi connectivity index (χ1v) is 6.09. The number of ether oxygens (including phenoxy) is 2. The molecule has 0 fully saturated rings. The van der Waals surface area contributed by atoms with Crippen LogP contribution >= 0.6 is 0 Å². The van der Waals surface area contributed by atoms with Crippen LogP contribution in [-0.2, 0) is 14.3 Å². The molecule has 1 aromatic carbocycles. The smallest absolute Gasteiger partial charge is 0.507 e. The first-order chi connectivity index (χ1) is 10.7. The topological polar surface area (TPSA) is 96.6 Å². The van der Waals surface area contributed by atoms with E-state index in [9.17, 15) is 27.9 Å². The summed E-state index contributed by atoms with van der Waals surface area (Å²) < 4.78 is 44.7. The van der Waals surface area contributed by atoms with Crippen molar-refractivity contribution in [2.24, 2.45) is 0 Å². The van der Waals surface area contributed by atoms with E-state index in [1.807, 2.05) is 0 Å². The minimum atomic E-state index is -4.99. The lowest BCUT2D eigenvalue weighted by molar-refractivity contribution is -0.274. The lowest BCUT2D eigenvalue weighted by Gasteiger charge is -2.10. The second kappa shape index (κ2) is 7.31. The van der Waals surface area contributed by atoms with Gasteiger partial charge in [0, 0.05) is 11.6 Å². The molecule has 0 spiro atoms. The summed E-state index contributed by atoms with van der Waals surface area (Å²) in [5, 5.41) is 18.5. The van der Waals surface area contributed by atoms with E-state index in [-0.39, 0.29) is 17.7 Å². The van der Waals surface area contributed by atoms with E-state index < -0.39 is 29.6 Å². The number of carbonyl (C=O) groups is 2. The van der Waals surface area contributed by atoms with E-state index in [1.54, 1.807) is 6.07 Å². The van der Waals surface area contributed by atoms with Crippen LogP contribution in [0.1, 0.15) is 18.1 Å². The van der Waals surface area contributed by atoms with E-state index in [1.165, 1.54) is 6.92 Å². The Balaban J connectivity index is 3.16. The molecular weight excluding hydrogens is 319 g/mol. The van der Waals surface area contributed by atoms with Gasteiger partial charge in [0.25, 0.3) is 5.78 Å². The van der Waals surface area contributed by atoms with Crippen molar-refractivity contribution in [2.45, 2.75) is 13.3 Å². The average Bonchev–Trinajstić information content (AvgIpc) is 2.45. The lowest BCUT2D eigenvalue weighted by atomic mass is 10.1. The summed E-state index contributed by atoms with van der Waals surface area (Å²) in [5.74, 6) is -4.01. The monoisotopic (exact) mass is 329 g/mol. The Morgan fingerprint density at radius 1 is 1.35 bits per heavy atom. The van der Waals surface area contributed by atoms with Gasteiger partial charge in [-0.25, -0.2) is 4.79 Å². The third-order valence-corrected chi connectivity index (χ3v) is 2.31. The van der Waals surface area contributed by atoms with Gasteiger partial charge in [-0.1, -0.05) is 0 Å². The van der Waals surface area contributed by atoms with Crippen LogP contribution in [-0.4, -0.2) is 29.8 Å². The molecule has 9 heteroatoms.